The van der Waals surface area contributed by atoms with Crippen LogP contribution in [0.25, 0.3) is 33.0 Å². The normalized spacial score (nSPS) is 9.02. The van der Waals surface area contributed by atoms with Gasteiger partial charge in [-0.15, -0.1) is 0 Å². The van der Waals surface area contributed by atoms with Gasteiger partial charge in [0.2, 0.25) is 0 Å². The van der Waals surface area contributed by atoms with E-state index in [2.05, 4.69) is 267 Å². The van der Waals surface area contributed by atoms with Gasteiger partial charge in [0.05, 0.1) is 5.41 Å². The summed E-state index contributed by atoms with van der Waals surface area (Å²) in [5.41, 5.74) is 13.1. The Morgan fingerprint density at radius 1 is 0.178 bits per heavy atom. The second kappa shape index (κ2) is 68.2. The first-order valence-electron chi connectivity index (χ1n) is 34.7. The van der Waals surface area contributed by atoms with Crippen LogP contribution in [-0.4, -0.2) is 0 Å². The molecule has 0 aromatic heterocycles. The third-order valence-electron chi connectivity index (χ3n) is 11.7. The molecule has 0 heterocycles. The molecule has 0 fully saturated rings. The monoisotopic (exact) mass is 1210 g/mol. The van der Waals surface area contributed by atoms with Gasteiger partial charge in [-0.3, -0.25) is 0 Å². The van der Waals surface area contributed by atoms with Gasteiger partial charge in [0.25, 0.3) is 0 Å². The fourth-order valence-electron chi connectivity index (χ4n) is 8.61. The molecule has 486 valence electrons. The van der Waals surface area contributed by atoms with Crippen LogP contribution in [0.4, 0.5) is 0 Å². The Balaban J connectivity index is -0.000000323. The fourth-order valence-corrected chi connectivity index (χ4v) is 8.61. The van der Waals surface area contributed by atoms with Crippen molar-refractivity contribution in [3.05, 3.63) is 349 Å². The SMILES string of the molecule is CC.CC.CC.CC.CC.CC.CC.CC.CC.CC.CC.CC.c1ccc(-c2ccccc2)cc1.c1ccc(C2(c3ccccc3)c3ccccc3-c3ccccc32)cc1.c1ccc(Cc2ccccc2)cc1.c1ccc2ccccc2c1.c1ccccc1. The maximum atomic E-state index is 2.29. The molecule has 0 amide bonds. The van der Waals surface area contributed by atoms with Gasteiger partial charge in [0.1, 0.15) is 0 Å². The van der Waals surface area contributed by atoms with E-state index in [4.69, 9.17) is 0 Å². The second-order valence-corrected chi connectivity index (χ2v) is 16.0. The largest absolute Gasteiger partial charge is 0.0713 e. The molecule has 0 heteroatoms. The third-order valence-corrected chi connectivity index (χ3v) is 11.7. The zero-order valence-corrected chi connectivity index (χ0v) is 61.2. The third kappa shape index (κ3) is 33.3. The summed E-state index contributed by atoms with van der Waals surface area (Å²) in [6.07, 6.45) is 1.03. The molecule has 90 heavy (non-hydrogen) atoms. The molecule has 0 saturated heterocycles. The maximum Gasteiger partial charge on any atom is 0.0713 e. The zero-order chi connectivity index (χ0) is 68.9. The molecule has 12 rings (SSSR count). The van der Waals surface area contributed by atoms with Crippen molar-refractivity contribution >= 4 is 10.8 Å². The van der Waals surface area contributed by atoms with Crippen molar-refractivity contribution in [1.82, 2.24) is 0 Å². The van der Waals surface area contributed by atoms with Crippen LogP contribution in [0.1, 0.15) is 200 Å². The van der Waals surface area contributed by atoms with Crippen LogP contribution in [0.2, 0.25) is 0 Å². The van der Waals surface area contributed by atoms with Gasteiger partial charge < -0.3 is 0 Å². The van der Waals surface area contributed by atoms with E-state index >= 15 is 0 Å². The van der Waals surface area contributed by atoms with Crippen molar-refractivity contribution in [2.24, 2.45) is 0 Å². The van der Waals surface area contributed by atoms with Crippen LogP contribution in [0.5, 0.6) is 0 Å². The highest BCUT2D eigenvalue weighted by atomic mass is 14.5. The Labute approximate surface area is 556 Å². The van der Waals surface area contributed by atoms with Crippen molar-refractivity contribution in [2.75, 3.05) is 0 Å². The first-order chi connectivity index (χ1) is 44.8. The molecule has 0 spiro atoms. The van der Waals surface area contributed by atoms with E-state index in [1.807, 2.05) is 215 Å². The summed E-state index contributed by atoms with van der Waals surface area (Å²) < 4.78 is 0. The van der Waals surface area contributed by atoms with E-state index in [-0.39, 0.29) is 5.41 Å². The van der Waals surface area contributed by atoms with Crippen molar-refractivity contribution < 1.29 is 0 Å². The van der Waals surface area contributed by atoms with Gasteiger partial charge in [0.15, 0.2) is 0 Å². The number of benzene rings is 11. The van der Waals surface area contributed by atoms with Gasteiger partial charge >= 0.3 is 0 Å². The summed E-state index contributed by atoms with van der Waals surface area (Å²) in [4.78, 5) is 0. The molecule has 0 radical (unpaired) electrons. The van der Waals surface area contributed by atoms with Crippen LogP contribution in [0.15, 0.2) is 315 Å². The molecule has 0 bridgehead atoms. The molecule has 1 aliphatic rings. The van der Waals surface area contributed by atoms with Crippen LogP contribution < -0.4 is 0 Å². The Kier molecular flexibility index (Phi) is 68.5. The smallest absolute Gasteiger partial charge is 0.0683 e. The summed E-state index contributed by atoms with van der Waals surface area (Å²) in [5, 5.41) is 2.62. The average Bonchev–Trinajstić information content (AvgIpc) is 1.53. The summed E-state index contributed by atoms with van der Waals surface area (Å²) >= 11 is 0. The van der Waals surface area contributed by atoms with Crippen LogP contribution >= 0.6 is 0 Å². The molecule has 11 aromatic carbocycles. The number of rotatable bonds is 5. The lowest BCUT2D eigenvalue weighted by Crippen LogP contribution is -2.28. The van der Waals surface area contributed by atoms with Crippen molar-refractivity contribution in [1.29, 1.82) is 0 Å². The summed E-state index contributed by atoms with van der Waals surface area (Å²) in [5.74, 6) is 0. The van der Waals surface area contributed by atoms with Gasteiger partial charge in [-0.25, -0.2) is 0 Å². The van der Waals surface area contributed by atoms with Gasteiger partial charge in [0, 0.05) is 0 Å². The Morgan fingerprint density at radius 3 is 0.600 bits per heavy atom. The van der Waals surface area contributed by atoms with Gasteiger partial charge in [-0.1, -0.05) is 482 Å². The van der Waals surface area contributed by atoms with Crippen molar-refractivity contribution in [3.63, 3.8) is 0 Å². The van der Waals surface area contributed by atoms with E-state index < -0.39 is 0 Å². The first-order valence-corrected chi connectivity index (χ1v) is 34.7. The standard InChI is InChI=1S/C25H18.C13H12.C12H10.C10H8.C6H6.12C2H6/c1-3-11-19(12-4-1)25(20-13-5-2-6-14-20)23-17-9-7-15-21(23)22-16-8-10-18-24(22)25;1-3-7-12(8-4-1)11-13-9-5-2-6-10-13;1-3-7-11(8-4-1)12-9-5-2-6-10-12;1-2-6-10-8-4-3-7-9(10)5-1;1-2-4-6-5-3-1;12*1-2/h1-18H;1-10H,11H2;1-10H;1-8H;1-6H;12*1-2H3. The predicted octanol–water partition coefficient (Wildman–Crippen LogP) is 29.5. The Bertz CT molecular complexity index is 2800. The van der Waals surface area contributed by atoms with E-state index in [9.17, 15) is 0 Å². The minimum Gasteiger partial charge on any atom is -0.0683 e. The van der Waals surface area contributed by atoms with Crippen LogP contribution in [0, 0.1) is 0 Å². The topological polar surface area (TPSA) is 0 Å². The fraction of sp³-hybridized carbons (Fsp3) is 0.289. The quantitative estimate of drug-likeness (QED) is 0.161. The molecule has 0 aliphatic heterocycles. The number of hydrogen-bond donors (Lipinski definition) is 0. The maximum absolute atomic E-state index is 2.29. The minimum atomic E-state index is -0.254. The molecule has 0 atom stereocenters. The highest BCUT2D eigenvalue weighted by molar-refractivity contribution is 5.86. The van der Waals surface area contributed by atoms with E-state index in [0.717, 1.165) is 6.42 Å². The van der Waals surface area contributed by atoms with E-state index in [0.29, 0.717) is 0 Å². The lowest BCUT2D eigenvalue weighted by molar-refractivity contribution is 0.768. The predicted molar refractivity (Wildman–Crippen MR) is 418 cm³/mol. The average molecular weight is 1210 g/mol. The molecule has 1 aliphatic carbocycles. The number of fused-ring (bicyclic) bond motifs is 4. The molecule has 11 aromatic rings. The highest BCUT2D eigenvalue weighted by Gasteiger charge is 2.45. The summed E-state index contributed by atoms with van der Waals surface area (Å²) in [6.45, 7) is 48.0. The molecular formula is C90H126. The van der Waals surface area contributed by atoms with E-state index in [1.165, 1.54) is 66.4 Å². The van der Waals surface area contributed by atoms with Crippen molar-refractivity contribution in [2.45, 2.75) is 178 Å². The first kappa shape index (κ1) is 90.4. The van der Waals surface area contributed by atoms with E-state index in [1.54, 1.807) is 0 Å². The molecular weight excluding hydrogens is 1080 g/mol. The number of hydrogen-bond acceptors (Lipinski definition) is 0. The van der Waals surface area contributed by atoms with Gasteiger partial charge in [-0.2, -0.15) is 0 Å². The lowest BCUT2D eigenvalue weighted by atomic mass is 9.68. The second-order valence-electron chi connectivity index (χ2n) is 16.0. The summed E-state index contributed by atoms with van der Waals surface area (Å²) in [6, 6.07) is 110. The lowest BCUT2D eigenvalue weighted by Gasteiger charge is -2.33. The van der Waals surface area contributed by atoms with Crippen LogP contribution in [0.3, 0.4) is 0 Å². The molecule has 0 nitrogen and oxygen atoms in total. The van der Waals surface area contributed by atoms with Crippen LogP contribution in [-0.2, 0) is 11.8 Å². The molecule has 0 N–H and O–H groups in total. The van der Waals surface area contributed by atoms with Gasteiger partial charge in [-0.05, 0) is 72.8 Å². The highest BCUT2D eigenvalue weighted by Crippen LogP contribution is 2.55. The Morgan fingerprint density at radius 2 is 0.356 bits per heavy atom. The molecule has 0 unspecified atom stereocenters. The summed E-state index contributed by atoms with van der Waals surface area (Å²) in [7, 11) is 0. The minimum absolute atomic E-state index is 0.254. The van der Waals surface area contributed by atoms with Crippen molar-refractivity contribution in [3.8, 4) is 22.3 Å². The Hall–Kier alpha value is -8.32. The molecule has 0 saturated carbocycles. The zero-order valence-electron chi connectivity index (χ0n) is 61.2.